The topological polar surface area (TPSA) is 29.5 Å². The van der Waals surface area contributed by atoms with Crippen LogP contribution in [-0.4, -0.2) is 11.7 Å². The first kappa shape index (κ1) is 14.0. The Labute approximate surface area is 105 Å². The van der Waals surface area contributed by atoms with Gasteiger partial charge in [0.25, 0.3) is 0 Å². The number of aryl methyl sites for hydroxylation is 2. The Balaban J connectivity index is 2.53. The smallest absolute Gasteiger partial charge is 0.125 e. The minimum Gasteiger partial charge on any atom is -0.493 e. The van der Waals surface area contributed by atoms with E-state index in [4.69, 9.17) is 9.84 Å². The first-order chi connectivity index (χ1) is 8.19. The number of aliphatic hydroxyl groups is 1. The van der Waals surface area contributed by atoms with Gasteiger partial charge in [0, 0.05) is 0 Å². The average molecular weight is 236 g/mol. The van der Waals surface area contributed by atoms with Gasteiger partial charge in [-0.15, -0.1) is 0 Å². The largest absolute Gasteiger partial charge is 0.493 e. The molecular formula is C15H24O2. The molecule has 0 fully saturated rings. The van der Waals surface area contributed by atoms with Crippen LogP contribution < -0.4 is 4.74 Å². The minimum atomic E-state index is 0.0957. The molecule has 0 heterocycles. The van der Waals surface area contributed by atoms with Crippen molar-refractivity contribution >= 4 is 0 Å². The molecule has 17 heavy (non-hydrogen) atoms. The Morgan fingerprint density at radius 1 is 1.06 bits per heavy atom. The number of benzene rings is 1. The molecule has 0 atom stereocenters. The molecule has 0 spiro atoms. The molecule has 1 aromatic rings. The molecule has 0 saturated carbocycles. The summed E-state index contributed by atoms with van der Waals surface area (Å²) in [7, 11) is 0. The third kappa shape index (κ3) is 4.39. The Bertz CT molecular complexity index is 322. The minimum absolute atomic E-state index is 0.0957. The van der Waals surface area contributed by atoms with Crippen LogP contribution in [0.2, 0.25) is 0 Å². The number of hydrogen-bond donors (Lipinski definition) is 1. The first-order valence-corrected chi connectivity index (χ1v) is 6.52. The van der Waals surface area contributed by atoms with Gasteiger partial charge in [-0.05, 0) is 37.0 Å². The van der Waals surface area contributed by atoms with Crippen LogP contribution in [0.15, 0.2) is 12.1 Å². The molecular weight excluding hydrogens is 212 g/mol. The predicted molar refractivity (Wildman–Crippen MR) is 71.5 cm³/mol. The van der Waals surface area contributed by atoms with Crippen LogP contribution in [0.25, 0.3) is 0 Å². The molecule has 0 amide bonds. The second-order valence-electron chi connectivity index (χ2n) is 4.63. The Kier molecular flexibility index (Phi) is 6.06. The van der Waals surface area contributed by atoms with Crippen molar-refractivity contribution in [3.63, 3.8) is 0 Å². The van der Waals surface area contributed by atoms with Gasteiger partial charge in [-0.1, -0.05) is 38.3 Å². The van der Waals surface area contributed by atoms with E-state index in [0.717, 1.165) is 35.5 Å². The molecule has 1 rings (SSSR count). The Morgan fingerprint density at radius 2 is 1.71 bits per heavy atom. The van der Waals surface area contributed by atoms with Gasteiger partial charge < -0.3 is 9.84 Å². The van der Waals surface area contributed by atoms with Gasteiger partial charge in [0.1, 0.15) is 5.75 Å². The van der Waals surface area contributed by atoms with Crippen molar-refractivity contribution in [1.29, 1.82) is 0 Å². The number of unbranched alkanes of at least 4 members (excludes halogenated alkanes) is 3. The molecule has 2 heteroatoms. The third-order valence-corrected chi connectivity index (χ3v) is 2.95. The normalized spacial score (nSPS) is 10.6. The van der Waals surface area contributed by atoms with E-state index in [1.165, 1.54) is 19.3 Å². The van der Waals surface area contributed by atoms with Gasteiger partial charge in [0.2, 0.25) is 0 Å². The summed E-state index contributed by atoms with van der Waals surface area (Å²) >= 11 is 0. The molecule has 96 valence electrons. The van der Waals surface area contributed by atoms with Crippen LogP contribution in [0.5, 0.6) is 5.75 Å². The van der Waals surface area contributed by atoms with Crippen molar-refractivity contribution in [3.05, 3.63) is 28.8 Å². The molecule has 1 aromatic carbocycles. The van der Waals surface area contributed by atoms with E-state index >= 15 is 0 Å². The quantitative estimate of drug-likeness (QED) is 0.730. The molecule has 2 nitrogen and oxygen atoms in total. The summed E-state index contributed by atoms with van der Waals surface area (Å²) in [5, 5.41) is 9.11. The molecule has 0 aliphatic carbocycles. The lowest BCUT2D eigenvalue weighted by Crippen LogP contribution is -2.01. The summed E-state index contributed by atoms with van der Waals surface area (Å²) in [6.45, 7) is 7.17. The monoisotopic (exact) mass is 236 g/mol. The zero-order valence-corrected chi connectivity index (χ0v) is 11.3. The van der Waals surface area contributed by atoms with Crippen LogP contribution in [0, 0.1) is 13.8 Å². The fraction of sp³-hybridized carbons (Fsp3) is 0.600. The molecule has 0 unspecified atom stereocenters. The maximum atomic E-state index is 9.11. The zero-order valence-electron chi connectivity index (χ0n) is 11.3. The highest BCUT2D eigenvalue weighted by molar-refractivity contribution is 5.43. The first-order valence-electron chi connectivity index (χ1n) is 6.52. The maximum absolute atomic E-state index is 9.11. The average Bonchev–Trinajstić information content (AvgIpc) is 2.31. The summed E-state index contributed by atoms with van der Waals surface area (Å²) in [4.78, 5) is 0. The van der Waals surface area contributed by atoms with Crippen LogP contribution in [0.4, 0.5) is 0 Å². The summed E-state index contributed by atoms with van der Waals surface area (Å²) < 4.78 is 5.83. The van der Waals surface area contributed by atoms with E-state index in [1.54, 1.807) is 0 Å². The van der Waals surface area contributed by atoms with Crippen molar-refractivity contribution < 1.29 is 9.84 Å². The van der Waals surface area contributed by atoms with Gasteiger partial charge in [0.15, 0.2) is 0 Å². The van der Waals surface area contributed by atoms with Crippen LogP contribution in [0.1, 0.15) is 49.3 Å². The molecule has 0 aromatic heterocycles. The second kappa shape index (κ2) is 7.33. The van der Waals surface area contributed by atoms with Gasteiger partial charge in [-0.2, -0.15) is 0 Å². The molecule has 0 radical (unpaired) electrons. The van der Waals surface area contributed by atoms with Crippen LogP contribution in [0.3, 0.4) is 0 Å². The molecule has 0 aliphatic heterocycles. The van der Waals surface area contributed by atoms with Crippen molar-refractivity contribution in [2.45, 2.75) is 53.1 Å². The van der Waals surface area contributed by atoms with E-state index in [2.05, 4.69) is 6.92 Å². The number of rotatable bonds is 7. The van der Waals surface area contributed by atoms with Gasteiger partial charge in [0.05, 0.1) is 13.2 Å². The maximum Gasteiger partial charge on any atom is 0.125 e. The highest BCUT2D eigenvalue weighted by Gasteiger charge is 2.05. The fourth-order valence-electron chi connectivity index (χ4n) is 2.06. The molecule has 0 bridgehead atoms. The second-order valence-corrected chi connectivity index (χ2v) is 4.63. The summed E-state index contributed by atoms with van der Waals surface area (Å²) in [6, 6.07) is 3.99. The van der Waals surface area contributed by atoms with Crippen molar-refractivity contribution in [2.24, 2.45) is 0 Å². The SMILES string of the molecule is CCCCCCOc1c(C)cc(CO)cc1C. The van der Waals surface area contributed by atoms with Crippen molar-refractivity contribution in [1.82, 2.24) is 0 Å². The summed E-state index contributed by atoms with van der Waals surface area (Å²) in [6.07, 6.45) is 4.89. The zero-order chi connectivity index (χ0) is 12.7. The third-order valence-electron chi connectivity index (χ3n) is 2.95. The van der Waals surface area contributed by atoms with Crippen molar-refractivity contribution in [3.8, 4) is 5.75 Å². The molecule has 0 saturated heterocycles. The van der Waals surface area contributed by atoms with Gasteiger partial charge >= 0.3 is 0 Å². The predicted octanol–water partition coefficient (Wildman–Crippen LogP) is 3.75. The van der Waals surface area contributed by atoms with E-state index in [1.807, 2.05) is 26.0 Å². The standard InChI is InChI=1S/C15H24O2/c1-4-5-6-7-8-17-15-12(2)9-14(11-16)10-13(15)3/h9-10,16H,4-8,11H2,1-3H3. The Morgan fingerprint density at radius 3 is 2.24 bits per heavy atom. The lowest BCUT2D eigenvalue weighted by molar-refractivity contribution is 0.280. The van der Waals surface area contributed by atoms with E-state index in [9.17, 15) is 0 Å². The summed E-state index contributed by atoms with van der Waals surface area (Å²) in [5.74, 6) is 0.985. The van der Waals surface area contributed by atoms with Crippen LogP contribution >= 0.6 is 0 Å². The van der Waals surface area contributed by atoms with E-state index in [0.29, 0.717) is 0 Å². The molecule has 0 aliphatic rings. The van der Waals surface area contributed by atoms with Gasteiger partial charge in [-0.3, -0.25) is 0 Å². The lowest BCUT2D eigenvalue weighted by Gasteiger charge is -2.13. The van der Waals surface area contributed by atoms with E-state index < -0.39 is 0 Å². The Hall–Kier alpha value is -1.02. The summed E-state index contributed by atoms with van der Waals surface area (Å²) in [5.41, 5.74) is 3.19. The number of ether oxygens (including phenoxy) is 1. The highest BCUT2D eigenvalue weighted by Crippen LogP contribution is 2.25. The number of hydrogen-bond acceptors (Lipinski definition) is 2. The van der Waals surface area contributed by atoms with Crippen LogP contribution in [-0.2, 0) is 6.61 Å². The lowest BCUT2D eigenvalue weighted by atomic mass is 10.1. The van der Waals surface area contributed by atoms with Crippen molar-refractivity contribution in [2.75, 3.05) is 6.61 Å². The molecule has 1 N–H and O–H groups in total. The van der Waals surface area contributed by atoms with Gasteiger partial charge in [-0.25, -0.2) is 0 Å². The number of aliphatic hydroxyl groups excluding tert-OH is 1. The fourth-order valence-corrected chi connectivity index (χ4v) is 2.06. The van der Waals surface area contributed by atoms with E-state index in [-0.39, 0.29) is 6.61 Å². The highest BCUT2D eigenvalue weighted by atomic mass is 16.5.